The van der Waals surface area contributed by atoms with Crippen molar-refractivity contribution in [1.82, 2.24) is 5.32 Å². The van der Waals surface area contributed by atoms with Crippen molar-refractivity contribution in [3.8, 4) is 0 Å². The molecule has 1 atom stereocenters. The monoisotopic (exact) mass is 197 g/mol. The molecule has 0 spiro atoms. The topological polar surface area (TPSA) is 29.1 Å². The Morgan fingerprint density at radius 2 is 2.07 bits per heavy atom. The fraction of sp³-hybridized carbons (Fsp3) is 0.917. The Hall–Kier alpha value is -0.530. The molecule has 2 heteroatoms. The second-order valence-corrected chi connectivity index (χ2v) is 4.83. The Balaban J connectivity index is 2.34. The fourth-order valence-corrected chi connectivity index (χ4v) is 1.86. The van der Waals surface area contributed by atoms with E-state index in [9.17, 15) is 4.79 Å². The summed E-state index contributed by atoms with van der Waals surface area (Å²) in [4.78, 5) is 11.8. The van der Waals surface area contributed by atoms with Crippen LogP contribution in [0.25, 0.3) is 0 Å². The van der Waals surface area contributed by atoms with Crippen molar-refractivity contribution >= 4 is 5.91 Å². The van der Waals surface area contributed by atoms with Gasteiger partial charge in [0.25, 0.3) is 0 Å². The van der Waals surface area contributed by atoms with Crippen molar-refractivity contribution in [3.63, 3.8) is 0 Å². The quantitative estimate of drug-likeness (QED) is 0.697. The molecule has 0 aliphatic heterocycles. The molecule has 0 saturated heterocycles. The van der Waals surface area contributed by atoms with E-state index in [0.717, 1.165) is 25.2 Å². The summed E-state index contributed by atoms with van der Waals surface area (Å²) in [6, 6.07) is 0.279. The van der Waals surface area contributed by atoms with Crippen LogP contribution in [0.5, 0.6) is 0 Å². The van der Waals surface area contributed by atoms with Gasteiger partial charge in [0, 0.05) is 12.0 Å². The van der Waals surface area contributed by atoms with Gasteiger partial charge in [-0.1, -0.05) is 26.2 Å². The molecular formula is C12H23NO. The average molecular weight is 197 g/mol. The van der Waals surface area contributed by atoms with Gasteiger partial charge < -0.3 is 5.32 Å². The summed E-state index contributed by atoms with van der Waals surface area (Å²) in [5, 5.41) is 3.02. The zero-order valence-corrected chi connectivity index (χ0v) is 9.68. The fourth-order valence-electron chi connectivity index (χ4n) is 1.86. The van der Waals surface area contributed by atoms with Crippen LogP contribution in [0.4, 0.5) is 0 Å². The molecule has 1 rings (SSSR count). The maximum Gasteiger partial charge on any atom is 0.223 e. The van der Waals surface area contributed by atoms with Gasteiger partial charge in [0.2, 0.25) is 5.91 Å². The first-order valence-electron chi connectivity index (χ1n) is 5.93. The van der Waals surface area contributed by atoms with Crippen molar-refractivity contribution in [2.24, 2.45) is 11.8 Å². The molecule has 0 bridgehead atoms. The van der Waals surface area contributed by atoms with Crippen LogP contribution >= 0.6 is 0 Å². The maximum absolute atomic E-state index is 11.8. The number of carbonyl (C=O) groups is 1. The van der Waals surface area contributed by atoms with Gasteiger partial charge in [0.05, 0.1) is 0 Å². The Kier molecular flexibility index (Phi) is 4.43. The van der Waals surface area contributed by atoms with Gasteiger partial charge in [0.15, 0.2) is 0 Å². The summed E-state index contributed by atoms with van der Waals surface area (Å²) in [6.45, 7) is 6.21. The van der Waals surface area contributed by atoms with Crippen LogP contribution in [0.15, 0.2) is 0 Å². The summed E-state index contributed by atoms with van der Waals surface area (Å²) < 4.78 is 0. The van der Waals surface area contributed by atoms with Gasteiger partial charge in [-0.25, -0.2) is 0 Å². The van der Waals surface area contributed by atoms with E-state index in [-0.39, 0.29) is 17.9 Å². The molecule has 2 nitrogen and oxygen atoms in total. The maximum atomic E-state index is 11.8. The van der Waals surface area contributed by atoms with Crippen LogP contribution in [0.1, 0.15) is 52.9 Å². The van der Waals surface area contributed by atoms with Gasteiger partial charge in [-0.2, -0.15) is 0 Å². The first-order valence-corrected chi connectivity index (χ1v) is 5.93. The lowest BCUT2D eigenvalue weighted by Crippen LogP contribution is -2.35. The van der Waals surface area contributed by atoms with Gasteiger partial charge in [-0.15, -0.1) is 0 Å². The third-order valence-corrected chi connectivity index (χ3v) is 2.75. The normalized spacial score (nSPS) is 18.3. The molecule has 0 aromatic carbocycles. The molecule has 0 aromatic rings. The highest BCUT2D eigenvalue weighted by Gasteiger charge is 2.28. The largest absolute Gasteiger partial charge is 0.354 e. The van der Waals surface area contributed by atoms with E-state index in [4.69, 9.17) is 0 Å². The molecular weight excluding hydrogens is 174 g/mol. The highest BCUT2D eigenvalue weighted by Crippen LogP contribution is 2.36. The minimum atomic E-state index is 0.272. The van der Waals surface area contributed by atoms with E-state index in [1.807, 2.05) is 13.8 Å². The molecule has 0 radical (unpaired) electrons. The molecule has 1 saturated carbocycles. The molecule has 1 aliphatic carbocycles. The van der Waals surface area contributed by atoms with Gasteiger partial charge in [0.1, 0.15) is 0 Å². The third kappa shape index (κ3) is 4.12. The highest BCUT2D eigenvalue weighted by molar-refractivity contribution is 5.78. The van der Waals surface area contributed by atoms with Crippen molar-refractivity contribution in [2.45, 2.75) is 58.9 Å². The van der Waals surface area contributed by atoms with E-state index >= 15 is 0 Å². The van der Waals surface area contributed by atoms with Crippen molar-refractivity contribution in [1.29, 1.82) is 0 Å². The molecule has 1 amide bonds. The number of hydrogen-bond donors (Lipinski definition) is 1. The molecule has 0 aromatic heterocycles. The lowest BCUT2D eigenvalue weighted by atomic mass is 9.96. The highest BCUT2D eigenvalue weighted by atomic mass is 16.1. The van der Waals surface area contributed by atoms with Crippen LogP contribution < -0.4 is 5.32 Å². The van der Waals surface area contributed by atoms with Crippen molar-refractivity contribution < 1.29 is 4.79 Å². The number of nitrogens with one attached hydrogen (secondary N) is 1. The number of hydrogen-bond acceptors (Lipinski definition) is 1. The van der Waals surface area contributed by atoms with E-state index < -0.39 is 0 Å². The first kappa shape index (κ1) is 11.5. The molecule has 1 aliphatic rings. The van der Waals surface area contributed by atoms with Crippen LogP contribution in [-0.4, -0.2) is 11.9 Å². The summed E-state index contributed by atoms with van der Waals surface area (Å²) in [5.74, 6) is 1.40. The summed E-state index contributed by atoms with van der Waals surface area (Å²) in [7, 11) is 0. The van der Waals surface area contributed by atoms with Crippen LogP contribution in [0.3, 0.4) is 0 Å². The lowest BCUT2D eigenvalue weighted by molar-refractivity contribution is -0.126. The summed E-state index contributed by atoms with van der Waals surface area (Å²) >= 11 is 0. The van der Waals surface area contributed by atoms with E-state index in [1.165, 1.54) is 12.8 Å². The molecule has 0 heterocycles. The predicted octanol–water partition coefficient (Wildman–Crippen LogP) is 2.73. The molecule has 1 N–H and O–H groups in total. The molecule has 1 unspecified atom stereocenters. The van der Waals surface area contributed by atoms with Crippen molar-refractivity contribution in [3.05, 3.63) is 0 Å². The number of carbonyl (C=O) groups excluding carboxylic acids is 1. The van der Waals surface area contributed by atoms with E-state index in [2.05, 4.69) is 12.2 Å². The predicted molar refractivity (Wildman–Crippen MR) is 59.0 cm³/mol. The standard InChI is InChI=1S/C12H23NO/c1-4-5-11(8-10-6-7-10)12(14)13-9(2)3/h9-11H,4-8H2,1-3H3,(H,13,14). The van der Waals surface area contributed by atoms with Crippen LogP contribution in [0, 0.1) is 11.8 Å². The Morgan fingerprint density at radius 1 is 1.43 bits per heavy atom. The van der Waals surface area contributed by atoms with Gasteiger partial charge in [-0.05, 0) is 32.6 Å². The zero-order valence-electron chi connectivity index (χ0n) is 9.68. The van der Waals surface area contributed by atoms with Gasteiger partial charge in [-0.3, -0.25) is 4.79 Å². The van der Waals surface area contributed by atoms with E-state index in [1.54, 1.807) is 0 Å². The average Bonchev–Trinajstić information content (AvgIpc) is 2.86. The Bertz CT molecular complexity index is 185. The van der Waals surface area contributed by atoms with Gasteiger partial charge >= 0.3 is 0 Å². The summed E-state index contributed by atoms with van der Waals surface area (Å²) in [6.07, 6.45) is 5.97. The number of amides is 1. The SMILES string of the molecule is CCCC(CC1CC1)C(=O)NC(C)C. The van der Waals surface area contributed by atoms with Crippen LogP contribution in [-0.2, 0) is 4.79 Å². The van der Waals surface area contributed by atoms with Crippen LogP contribution in [0.2, 0.25) is 0 Å². The Labute approximate surface area is 87.5 Å². The second-order valence-electron chi connectivity index (χ2n) is 4.83. The number of rotatable bonds is 6. The van der Waals surface area contributed by atoms with Crippen molar-refractivity contribution in [2.75, 3.05) is 0 Å². The minimum absolute atomic E-state index is 0.272. The second kappa shape index (κ2) is 5.38. The Morgan fingerprint density at radius 3 is 2.50 bits per heavy atom. The molecule has 14 heavy (non-hydrogen) atoms. The van der Waals surface area contributed by atoms with E-state index in [0.29, 0.717) is 0 Å². The lowest BCUT2D eigenvalue weighted by Gasteiger charge is -2.17. The zero-order chi connectivity index (χ0) is 10.6. The third-order valence-electron chi connectivity index (χ3n) is 2.75. The minimum Gasteiger partial charge on any atom is -0.354 e. The smallest absolute Gasteiger partial charge is 0.223 e. The molecule has 1 fully saturated rings. The summed E-state index contributed by atoms with van der Waals surface area (Å²) in [5.41, 5.74) is 0. The first-order chi connectivity index (χ1) is 6.63. The molecule has 82 valence electrons.